The number of carbonyl (C=O) groups excluding carboxylic acids is 1. The van der Waals surface area contributed by atoms with Gasteiger partial charge < -0.3 is 10.6 Å². The van der Waals surface area contributed by atoms with Gasteiger partial charge in [0.25, 0.3) is 0 Å². The van der Waals surface area contributed by atoms with Crippen LogP contribution in [-0.2, 0) is 4.79 Å². The summed E-state index contributed by atoms with van der Waals surface area (Å²) in [6.45, 7) is 3.14. The van der Waals surface area contributed by atoms with Crippen molar-refractivity contribution in [3.8, 4) is 0 Å². The molecule has 1 saturated carbocycles. The maximum Gasteiger partial charge on any atom is 0.238 e. The summed E-state index contributed by atoms with van der Waals surface area (Å²) in [7, 11) is 0. The lowest BCUT2D eigenvalue weighted by atomic mass is 10.3. The normalized spacial score (nSPS) is 14.7. The van der Waals surface area contributed by atoms with Crippen LogP contribution in [0.5, 0.6) is 0 Å². The standard InChI is InChI=1S/C12H16ClN3O/c1-8-4-10(6-15-12(8)13)16-11(17)7-14-5-9-2-3-9/h4,6,9,14H,2-3,5,7H2,1H3,(H,16,17). The fourth-order valence-electron chi connectivity index (χ4n) is 1.54. The second-order valence-corrected chi connectivity index (χ2v) is 4.81. The molecule has 1 aliphatic carbocycles. The third-order valence-corrected chi connectivity index (χ3v) is 3.11. The molecule has 0 radical (unpaired) electrons. The number of amides is 1. The van der Waals surface area contributed by atoms with E-state index in [1.807, 2.05) is 13.0 Å². The minimum atomic E-state index is -0.0471. The van der Waals surface area contributed by atoms with Gasteiger partial charge in [-0.3, -0.25) is 4.79 Å². The van der Waals surface area contributed by atoms with Gasteiger partial charge in [0.2, 0.25) is 5.91 Å². The van der Waals surface area contributed by atoms with Crippen LogP contribution in [0.4, 0.5) is 5.69 Å². The number of halogens is 1. The van der Waals surface area contributed by atoms with Crippen molar-refractivity contribution in [2.45, 2.75) is 19.8 Å². The molecule has 1 aromatic heterocycles. The van der Waals surface area contributed by atoms with Crippen LogP contribution in [0.15, 0.2) is 12.3 Å². The average molecular weight is 254 g/mol. The summed E-state index contributed by atoms with van der Waals surface area (Å²) >= 11 is 5.81. The van der Waals surface area contributed by atoms with Crippen LogP contribution in [0.1, 0.15) is 18.4 Å². The number of nitrogens with one attached hydrogen (secondary N) is 2. The minimum absolute atomic E-state index is 0.0471. The Morgan fingerprint density at radius 2 is 2.35 bits per heavy atom. The van der Waals surface area contributed by atoms with E-state index in [-0.39, 0.29) is 5.91 Å². The Labute approximate surface area is 106 Å². The summed E-state index contributed by atoms with van der Waals surface area (Å²) in [6, 6.07) is 1.81. The van der Waals surface area contributed by atoms with Gasteiger partial charge in [0.05, 0.1) is 18.4 Å². The number of aromatic nitrogens is 1. The van der Waals surface area contributed by atoms with Gasteiger partial charge in [0, 0.05) is 0 Å². The molecule has 0 atom stereocenters. The van der Waals surface area contributed by atoms with E-state index in [0.29, 0.717) is 17.4 Å². The molecule has 0 aromatic carbocycles. The first-order valence-corrected chi connectivity index (χ1v) is 6.15. The van der Waals surface area contributed by atoms with Gasteiger partial charge in [-0.05, 0) is 43.9 Å². The summed E-state index contributed by atoms with van der Waals surface area (Å²) in [6.07, 6.45) is 4.14. The number of aryl methyl sites for hydroxylation is 1. The SMILES string of the molecule is Cc1cc(NC(=O)CNCC2CC2)cnc1Cl. The molecule has 0 spiro atoms. The van der Waals surface area contributed by atoms with Crippen molar-refractivity contribution >= 4 is 23.2 Å². The quantitative estimate of drug-likeness (QED) is 0.789. The summed E-state index contributed by atoms with van der Waals surface area (Å²) in [5, 5.41) is 6.38. The fraction of sp³-hybridized carbons (Fsp3) is 0.500. The Bertz CT molecular complexity index is 418. The first kappa shape index (κ1) is 12.3. The molecule has 2 N–H and O–H groups in total. The number of hydrogen-bond acceptors (Lipinski definition) is 3. The predicted octanol–water partition coefficient (Wildman–Crippen LogP) is 1.98. The zero-order chi connectivity index (χ0) is 12.3. The second-order valence-electron chi connectivity index (χ2n) is 4.45. The maximum atomic E-state index is 11.6. The Balaban J connectivity index is 1.77. The molecule has 2 rings (SSSR count). The predicted molar refractivity (Wildman–Crippen MR) is 68.2 cm³/mol. The van der Waals surface area contributed by atoms with E-state index < -0.39 is 0 Å². The molecule has 0 unspecified atom stereocenters. The molecule has 0 saturated heterocycles. The Hall–Kier alpha value is -1.13. The first-order chi connectivity index (χ1) is 8.15. The molecule has 1 aromatic rings. The van der Waals surface area contributed by atoms with Crippen molar-refractivity contribution in [3.05, 3.63) is 23.0 Å². The van der Waals surface area contributed by atoms with Gasteiger partial charge in [0.1, 0.15) is 5.15 Å². The zero-order valence-electron chi connectivity index (χ0n) is 9.79. The highest BCUT2D eigenvalue weighted by atomic mass is 35.5. The smallest absolute Gasteiger partial charge is 0.238 e. The zero-order valence-corrected chi connectivity index (χ0v) is 10.5. The number of hydrogen-bond donors (Lipinski definition) is 2. The van der Waals surface area contributed by atoms with Crippen LogP contribution in [0.2, 0.25) is 5.15 Å². The number of carbonyl (C=O) groups is 1. The lowest BCUT2D eigenvalue weighted by Gasteiger charge is -2.07. The number of pyridine rings is 1. The van der Waals surface area contributed by atoms with E-state index in [2.05, 4.69) is 15.6 Å². The highest BCUT2D eigenvalue weighted by Gasteiger charge is 2.20. The Morgan fingerprint density at radius 1 is 1.59 bits per heavy atom. The molecule has 1 heterocycles. The molecule has 4 nitrogen and oxygen atoms in total. The molecule has 0 aliphatic heterocycles. The van der Waals surface area contributed by atoms with Crippen LogP contribution in [0, 0.1) is 12.8 Å². The van der Waals surface area contributed by atoms with Gasteiger partial charge in [-0.2, -0.15) is 0 Å². The Kier molecular flexibility index (Phi) is 3.97. The topological polar surface area (TPSA) is 54.0 Å². The summed E-state index contributed by atoms with van der Waals surface area (Å²) < 4.78 is 0. The summed E-state index contributed by atoms with van der Waals surface area (Å²) in [5.41, 5.74) is 1.54. The maximum absolute atomic E-state index is 11.6. The van der Waals surface area contributed by atoms with E-state index in [4.69, 9.17) is 11.6 Å². The molecule has 1 aliphatic rings. The van der Waals surface area contributed by atoms with Gasteiger partial charge in [0.15, 0.2) is 0 Å². The molecule has 92 valence electrons. The Morgan fingerprint density at radius 3 is 3.00 bits per heavy atom. The molecule has 1 amide bonds. The van der Waals surface area contributed by atoms with Crippen molar-refractivity contribution < 1.29 is 4.79 Å². The van der Waals surface area contributed by atoms with E-state index in [0.717, 1.165) is 18.0 Å². The van der Waals surface area contributed by atoms with Gasteiger partial charge in [-0.25, -0.2) is 4.98 Å². The largest absolute Gasteiger partial charge is 0.324 e. The van der Waals surface area contributed by atoms with Crippen LogP contribution >= 0.6 is 11.6 Å². The van der Waals surface area contributed by atoms with E-state index in [1.54, 1.807) is 6.20 Å². The van der Waals surface area contributed by atoms with Crippen molar-refractivity contribution in [2.75, 3.05) is 18.4 Å². The monoisotopic (exact) mass is 253 g/mol. The van der Waals surface area contributed by atoms with Crippen LogP contribution in [0.25, 0.3) is 0 Å². The average Bonchev–Trinajstić information content (AvgIpc) is 3.07. The molecule has 17 heavy (non-hydrogen) atoms. The highest BCUT2D eigenvalue weighted by Crippen LogP contribution is 2.27. The second kappa shape index (κ2) is 5.47. The van der Waals surface area contributed by atoms with Crippen molar-refractivity contribution in [1.29, 1.82) is 0 Å². The van der Waals surface area contributed by atoms with Crippen LogP contribution in [-0.4, -0.2) is 24.0 Å². The van der Waals surface area contributed by atoms with E-state index >= 15 is 0 Å². The van der Waals surface area contributed by atoms with Crippen molar-refractivity contribution in [1.82, 2.24) is 10.3 Å². The number of nitrogens with zero attached hydrogens (tertiary/aromatic N) is 1. The summed E-state index contributed by atoms with van der Waals surface area (Å²) in [4.78, 5) is 15.6. The number of rotatable bonds is 5. The summed E-state index contributed by atoms with van der Waals surface area (Å²) in [5.74, 6) is 0.733. The van der Waals surface area contributed by atoms with Gasteiger partial charge in [-0.15, -0.1) is 0 Å². The molecule has 1 fully saturated rings. The lowest BCUT2D eigenvalue weighted by Crippen LogP contribution is -2.29. The van der Waals surface area contributed by atoms with E-state index in [1.165, 1.54) is 12.8 Å². The molecular formula is C12H16ClN3O. The van der Waals surface area contributed by atoms with Gasteiger partial charge >= 0.3 is 0 Å². The minimum Gasteiger partial charge on any atom is -0.324 e. The first-order valence-electron chi connectivity index (χ1n) is 5.78. The van der Waals surface area contributed by atoms with Crippen LogP contribution < -0.4 is 10.6 Å². The van der Waals surface area contributed by atoms with E-state index in [9.17, 15) is 4.79 Å². The molecule has 5 heteroatoms. The fourth-order valence-corrected chi connectivity index (χ4v) is 1.65. The lowest BCUT2D eigenvalue weighted by molar-refractivity contribution is -0.115. The van der Waals surface area contributed by atoms with Crippen molar-refractivity contribution in [3.63, 3.8) is 0 Å². The highest BCUT2D eigenvalue weighted by molar-refractivity contribution is 6.30. The third kappa shape index (κ3) is 3.98. The van der Waals surface area contributed by atoms with Crippen molar-refractivity contribution in [2.24, 2.45) is 5.92 Å². The third-order valence-electron chi connectivity index (χ3n) is 2.71. The van der Waals surface area contributed by atoms with Gasteiger partial charge in [-0.1, -0.05) is 11.6 Å². The van der Waals surface area contributed by atoms with Crippen LogP contribution in [0.3, 0.4) is 0 Å². The molecule has 0 bridgehead atoms. The molecular weight excluding hydrogens is 238 g/mol. The number of anilines is 1.